The number of likely N-dealkylation sites (tertiary alicyclic amines) is 1. The van der Waals surface area contributed by atoms with Crippen LogP contribution in [0.2, 0.25) is 0 Å². The van der Waals surface area contributed by atoms with E-state index in [-0.39, 0.29) is 55.4 Å². The molecular formula is C31H46ClNO11. The molecule has 248 valence electrons. The molecule has 5 aliphatic carbocycles. The van der Waals surface area contributed by atoms with Gasteiger partial charge in [-0.15, -0.1) is 12.4 Å². The van der Waals surface area contributed by atoms with E-state index in [0.717, 1.165) is 0 Å². The summed E-state index contributed by atoms with van der Waals surface area (Å²) in [5.41, 5.74) is -7.16. The molecule has 1 aliphatic heterocycles. The fourth-order valence-electron chi connectivity index (χ4n) is 11.7. The lowest BCUT2D eigenvalue weighted by Crippen LogP contribution is -2.84. The minimum atomic E-state index is -2.07. The van der Waals surface area contributed by atoms with Crippen molar-refractivity contribution in [2.45, 2.75) is 72.6 Å². The Hall–Kier alpha value is -1.42. The molecule has 1 aromatic rings. The van der Waals surface area contributed by atoms with E-state index in [0.29, 0.717) is 6.54 Å². The first kappa shape index (κ1) is 33.9. The van der Waals surface area contributed by atoms with Gasteiger partial charge in [0.05, 0.1) is 36.6 Å². The van der Waals surface area contributed by atoms with Gasteiger partial charge in [-0.3, -0.25) is 0 Å². The average Bonchev–Trinajstić information content (AvgIpc) is 3.34. The van der Waals surface area contributed by atoms with E-state index in [2.05, 4.69) is 4.90 Å². The van der Waals surface area contributed by atoms with Crippen LogP contribution in [0, 0.1) is 28.6 Å². The summed E-state index contributed by atoms with van der Waals surface area (Å²) in [5, 5.41) is 50.5. The van der Waals surface area contributed by atoms with Gasteiger partial charge >= 0.3 is 5.97 Å². The lowest BCUT2D eigenvalue weighted by molar-refractivity contribution is -0.346. The van der Waals surface area contributed by atoms with Gasteiger partial charge in [0.1, 0.15) is 16.8 Å². The lowest BCUT2D eigenvalue weighted by Gasteiger charge is -2.71. The standard InChI is InChI=1S/C31H43NO10.ClH.H2O/c1-32-14-27(15-38-2)18(33)11-19(39-3)30-17-12-28(35)20(40-4)13-29(36,21(24(30)32)22(41-5)23(27)30)31(17,37)26(28)42-25(34)16-9-7-6-8-10-16;;/h6-10,17-24,26,33,35-37H,11-15H2,1-5H3;1H;1H2/t17-,18+,19-,20-,21-,22-,23+,24?,26-,27-,28-,29-,30-,31+;;/m0../s1. The Morgan fingerprint density at radius 3 is 2.25 bits per heavy atom. The first-order chi connectivity index (χ1) is 20.0. The number of carbonyl (C=O) groups excluding carboxylic acids is 1. The summed E-state index contributed by atoms with van der Waals surface area (Å²) in [4.78, 5) is 15.7. The monoisotopic (exact) mass is 643 g/mol. The molecule has 1 aromatic carbocycles. The van der Waals surface area contributed by atoms with Crippen molar-refractivity contribution < 1.29 is 54.4 Å². The number of halogens is 1. The molecule has 0 aromatic heterocycles. The van der Waals surface area contributed by atoms with Crippen molar-refractivity contribution in [3.8, 4) is 0 Å². The minimum absolute atomic E-state index is 0. The zero-order valence-electron chi connectivity index (χ0n) is 25.7. The molecule has 14 atom stereocenters. The van der Waals surface area contributed by atoms with Gasteiger partial charge < -0.3 is 54.5 Å². The minimum Gasteiger partial charge on any atom is -0.452 e. The summed E-state index contributed by atoms with van der Waals surface area (Å²) < 4.78 is 30.3. The molecule has 1 heterocycles. The van der Waals surface area contributed by atoms with Crippen LogP contribution < -0.4 is 0 Å². The van der Waals surface area contributed by atoms with Crippen molar-refractivity contribution in [1.82, 2.24) is 4.90 Å². The Kier molecular flexibility index (Phi) is 8.34. The second kappa shape index (κ2) is 10.8. The van der Waals surface area contributed by atoms with Gasteiger partial charge in [-0.2, -0.15) is 0 Å². The largest absolute Gasteiger partial charge is 0.452 e. The predicted octanol–water partition coefficient (Wildman–Crippen LogP) is -0.572. The van der Waals surface area contributed by atoms with E-state index in [1.165, 1.54) is 7.11 Å². The van der Waals surface area contributed by atoms with Gasteiger partial charge in [-0.1, -0.05) is 18.2 Å². The fourth-order valence-corrected chi connectivity index (χ4v) is 11.7. The summed E-state index contributed by atoms with van der Waals surface area (Å²) in [6, 6.07) is 8.09. The van der Waals surface area contributed by atoms with Gasteiger partial charge in [0.2, 0.25) is 0 Å². The van der Waals surface area contributed by atoms with Crippen LogP contribution in [0.4, 0.5) is 0 Å². The molecule has 12 nitrogen and oxygen atoms in total. The molecule has 0 radical (unpaired) electrons. The van der Waals surface area contributed by atoms with Crippen LogP contribution in [-0.2, 0) is 23.7 Å². The molecule has 6 fully saturated rings. The highest BCUT2D eigenvalue weighted by Crippen LogP contribution is 2.80. The molecule has 6 N–H and O–H groups in total. The number of ether oxygens (including phenoxy) is 5. The Balaban J connectivity index is 0.00000192. The number of methoxy groups -OCH3 is 4. The summed E-state index contributed by atoms with van der Waals surface area (Å²) in [6.07, 6.45) is -4.17. The number of esters is 1. The smallest absolute Gasteiger partial charge is 0.338 e. The number of hydrogen-bond donors (Lipinski definition) is 4. The summed E-state index contributed by atoms with van der Waals surface area (Å²) in [6.45, 7) is 0.735. The molecule has 1 unspecified atom stereocenters. The van der Waals surface area contributed by atoms with E-state index in [1.807, 2.05) is 7.05 Å². The lowest BCUT2D eigenvalue weighted by atomic mass is 9.41. The van der Waals surface area contributed by atoms with Crippen LogP contribution in [0.15, 0.2) is 30.3 Å². The molecular weight excluding hydrogens is 598 g/mol. The van der Waals surface area contributed by atoms with Gasteiger partial charge in [-0.25, -0.2) is 4.79 Å². The number of carbonyl (C=O) groups is 1. The normalized spacial score (nSPS) is 51.2. The molecule has 44 heavy (non-hydrogen) atoms. The highest BCUT2D eigenvalue weighted by molar-refractivity contribution is 5.89. The van der Waals surface area contributed by atoms with E-state index in [1.54, 1.807) is 51.7 Å². The number of piperidine rings is 1. The van der Waals surface area contributed by atoms with Crippen molar-refractivity contribution in [3.05, 3.63) is 35.9 Å². The number of benzene rings is 1. The third-order valence-corrected chi connectivity index (χ3v) is 12.7. The molecule has 1 spiro atoms. The maximum absolute atomic E-state index is 13.5. The Morgan fingerprint density at radius 1 is 1.00 bits per heavy atom. The number of aliphatic hydroxyl groups excluding tert-OH is 1. The maximum Gasteiger partial charge on any atom is 0.338 e. The summed E-state index contributed by atoms with van der Waals surface area (Å²) >= 11 is 0. The van der Waals surface area contributed by atoms with Gasteiger partial charge in [0, 0.05) is 82.5 Å². The number of aliphatic hydroxyl groups is 4. The first-order valence-electron chi connectivity index (χ1n) is 14.9. The quantitative estimate of drug-likeness (QED) is 0.280. The highest BCUT2D eigenvalue weighted by Gasteiger charge is 2.93. The molecule has 5 saturated carbocycles. The molecule has 7 rings (SSSR count). The molecule has 13 heteroatoms. The van der Waals surface area contributed by atoms with Crippen LogP contribution in [0.1, 0.15) is 29.6 Å². The molecule has 1 saturated heterocycles. The van der Waals surface area contributed by atoms with Crippen LogP contribution in [0.3, 0.4) is 0 Å². The Morgan fingerprint density at radius 2 is 1.66 bits per heavy atom. The van der Waals surface area contributed by atoms with Gasteiger partial charge in [0.25, 0.3) is 0 Å². The summed E-state index contributed by atoms with van der Waals surface area (Å²) in [7, 11) is 8.25. The number of hydrogen-bond acceptors (Lipinski definition) is 11. The number of fused-ring (bicyclic) bond motifs is 2. The topological polar surface area (TPSA) is 179 Å². The van der Waals surface area contributed by atoms with Crippen molar-refractivity contribution in [2.75, 3.05) is 48.6 Å². The zero-order valence-corrected chi connectivity index (χ0v) is 26.5. The SMILES string of the molecule is COC[C@]12CN(C)C3[C@@H]4[C@H](OC)[C@H]1[C@@]3([C@@H](OC)C[C@H]2O)[C@@H]1C[C@]2(O)[C@@H](OC)C[C@@]4(O)[C@]1(O)[C@H]2OC(=O)c1ccccc1.Cl.O. The molecule has 0 amide bonds. The van der Waals surface area contributed by atoms with Crippen LogP contribution in [0.5, 0.6) is 0 Å². The van der Waals surface area contributed by atoms with E-state index in [4.69, 9.17) is 23.7 Å². The second-order valence-corrected chi connectivity index (χ2v) is 13.8. The number of rotatable bonds is 7. The number of nitrogens with zero attached hydrogens (tertiary/aromatic N) is 1. The van der Waals surface area contributed by atoms with Gasteiger partial charge in [-0.05, 0) is 25.6 Å². The van der Waals surface area contributed by atoms with E-state index < -0.39 is 81.9 Å². The Labute approximate surface area is 263 Å². The van der Waals surface area contributed by atoms with Crippen LogP contribution >= 0.6 is 12.4 Å². The van der Waals surface area contributed by atoms with Crippen molar-refractivity contribution >= 4 is 18.4 Å². The zero-order chi connectivity index (χ0) is 30.0. The van der Waals surface area contributed by atoms with E-state index in [9.17, 15) is 25.2 Å². The fraction of sp³-hybridized carbons (Fsp3) is 0.774. The van der Waals surface area contributed by atoms with Crippen LogP contribution in [0.25, 0.3) is 0 Å². The molecule has 6 aliphatic rings. The first-order valence-corrected chi connectivity index (χ1v) is 14.9. The maximum atomic E-state index is 13.5. The average molecular weight is 644 g/mol. The highest BCUT2D eigenvalue weighted by atomic mass is 35.5. The van der Waals surface area contributed by atoms with Crippen LogP contribution in [-0.4, -0.2) is 139 Å². The van der Waals surface area contributed by atoms with Crippen molar-refractivity contribution in [2.24, 2.45) is 28.6 Å². The third kappa shape index (κ3) is 3.51. The second-order valence-electron chi connectivity index (χ2n) is 13.8. The third-order valence-electron chi connectivity index (χ3n) is 12.7. The Bertz CT molecular complexity index is 1260. The molecule has 7 bridgehead atoms. The summed E-state index contributed by atoms with van der Waals surface area (Å²) in [5.74, 6) is -2.58. The van der Waals surface area contributed by atoms with Crippen molar-refractivity contribution in [1.29, 1.82) is 0 Å². The predicted molar refractivity (Wildman–Crippen MR) is 157 cm³/mol. The van der Waals surface area contributed by atoms with Gasteiger partial charge in [0.15, 0.2) is 6.10 Å². The van der Waals surface area contributed by atoms with E-state index >= 15 is 0 Å². The van der Waals surface area contributed by atoms with Crippen molar-refractivity contribution in [3.63, 3.8) is 0 Å².